The number of carbonyl (C=O) groups is 1. The molecule has 1 heterocycles. The Bertz CT molecular complexity index is 647. The van der Waals surface area contributed by atoms with Gasteiger partial charge in [0.2, 0.25) is 0 Å². The van der Waals surface area contributed by atoms with E-state index in [-0.39, 0.29) is 12.1 Å². The Morgan fingerprint density at radius 1 is 1.19 bits per heavy atom. The highest BCUT2D eigenvalue weighted by molar-refractivity contribution is 7.91. The average molecular weight is 379 g/mol. The van der Waals surface area contributed by atoms with Crippen molar-refractivity contribution >= 4 is 23.2 Å². The zero-order valence-corrected chi connectivity index (χ0v) is 17.4. The summed E-state index contributed by atoms with van der Waals surface area (Å²) in [6, 6.07) is 9.73. The molecule has 26 heavy (non-hydrogen) atoms. The van der Waals surface area contributed by atoms with E-state index in [9.17, 15) is 9.35 Å². The lowest BCUT2D eigenvalue weighted by Gasteiger charge is -2.37. The smallest absolute Gasteiger partial charge is 0.410 e. The minimum atomic E-state index is -1.29. The maximum absolute atomic E-state index is 12.7. The number of nitrogens with zero attached hydrogens (tertiary/aromatic N) is 2. The highest BCUT2D eigenvalue weighted by Gasteiger charge is 2.35. The Balaban J connectivity index is 2.26. The molecule has 2 rings (SSSR count). The number of carbonyl (C=O) groups excluding carboxylic acids is 1. The molecule has 0 radical (unpaired) electrons. The summed E-state index contributed by atoms with van der Waals surface area (Å²) in [4.78, 5) is 14.5. The average Bonchev–Trinajstić information content (AvgIpc) is 2.53. The number of amides is 1. The van der Waals surface area contributed by atoms with E-state index in [4.69, 9.17) is 4.74 Å². The van der Waals surface area contributed by atoms with Crippen molar-refractivity contribution in [3.05, 3.63) is 35.9 Å². The van der Waals surface area contributed by atoms with Gasteiger partial charge in [-0.15, -0.1) is 0 Å². The van der Waals surface area contributed by atoms with Gasteiger partial charge in [-0.05, 0) is 47.1 Å². The topological polar surface area (TPSA) is 65.0 Å². The van der Waals surface area contributed by atoms with E-state index in [1.165, 1.54) is 0 Å². The lowest BCUT2D eigenvalue weighted by atomic mass is 9.94. The SMILES string of the molecule is CC(C)(C)OC(=O)N1CC/C(=N\[S+]([O-])C(C)(C)C)CC1c1ccccc1. The standard InChI is InChI=1S/C20H30N2O3S/c1-19(2,3)25-18(23)22-13-12-16(21-26(24)20(4,5)6)14-17(22)15-10-8-7-9-11-15/h7-11,17H,12-14H2,1-6H3/b21-16+. The van der Waals surface area contributed by atoms with Crippen molar-refractivity contribution in [3.63, 3.8) is 0 Å². The van der Waals surface area contributed by atoms with Crippen molar-refractivity contribution in [2.45, 2.75) is 70.8 Å². The van der Waals surface area contributed by atoms with Crippen LogP contribution in [0.25, 0.3) is 0 Å². The first-order valence-corrected chi connectivity index (χ1v) is 10.1. The lowest BCUT2D eigenvalue weighted by Crippen LogP contribution is -2.44. The maximum atomic E-state index is 12.7. The summed E-state index contributed by atoms with van der Waals surface area (Å²) in [5, 5.41) is 0. The summed E-state index contributed by atoms with van der Waals surface area (Å²) in [7, 11) is 0. The van der Waals surface area contributed by atoms with Crippen LogP contribution in [0.3, 0.4) is 0 Å². The predicted octanol–water partition coefficient (Wildman–Crippen LogP) is 4.66. The Kier molecular flexibility index (Phi) is 6.40. The van der Waals surface area contributed by atoms with E-state index in [1.54, 1.807) is 4.90 Å². The molecule has 1 aliphatic rings. The van der Waals surface area contributed by atoms with E-state index >= 15 is 0 Å². The van der Waals surface area contributed by atoms with E-state index in [2.05, 4.69) is 4.40 Å². The van der Waals surface area contributed by atoms with Crippen molar-refractivity contribution in [2.24, 2.45) is 4.40 Å². The van der Waals surface area contributed by atoms with E-state index in [0.717, 1.165) is 11.3 Å². The molecular weight excluding hydrogens is 348 g/mol. The Morgan fingerprint density at radius 3 is 2.35 bits per heavy atom. The van der Waals surface area contributed by atoms with Gasteiger partial charge in [0.25, 0.3) is 0 Å². The Hall–Kier alpha value is -1.53. The predicted molar refractivity (Wildman–Crippen MR) is 107 cm³/mol. The van der Waals surface area contributed by atoms with Crippen LogP contribution in [0.5, 0.6) is 0 Å². The van der Waals surface area contributed by atoms with Gasteiger partial charge in [0.15, 0.2) is 0 Å². The fourth-order valence-electron chi connectivity index (χ4n) is 2.69. The van der Waals surface area contributed by atoms with Crippen LogP contribution in [0, 0.1) is 0 Å². The van der Waals surface area contributed by atoms with Gasteiger partial charge in [0, 0.05) is 19.4 Å². The molecule has 0 saturated carbocycles. The largest absolute Gasteiger partial charge is 0.591 e. The second-order valence-electron chi connectivity index (χ2n) is 8.57. The summed E-state index contributed by atoms with van der Waals surface area (Å²) < 4.78 is 22.1. The van der Waals surface area contributed by atoms with Gasteiger partial charge in [0.05, 0.1) is 11.8 Å². The highest BCUT2D eigenvalue weighted by atomic mass is 32.2. The number of hydrogen-bond donors (Lipinski definition) is 0. The zero-order valence-electron chi connectivity index (χ0n) is 16.6. The van der Waals surface area contributed by atoms with Gasteiger partial charge in [-0.1, -0.05) is 34.7 Å². The number of ether oxygens (including phenoxy) is 1. The summed E-state index contributed by atoms with van der Waals surface area (Å²) in [6.07, 6.45) is 0.873. The molecule has 2 atom stereocenters. The summed E-state index contributed by atoms with van der Waals surface area (Å²) in [5.41, 5.74) is 1.39. The van der Waals surface area contributed by atoms with Crippen LogP contribution in [0.4, 0.5) is 4.79 Å². The lowest BCUT2D eigenvalue weighted by molar-refractivity contribution is 0.0152. The van der Waals surface area contributed by atoms with Crippen LogP contribution in [0.15, 0.2) is 34.7 Å². The van der Waals surface area contributed by atoms with Crippen LogP contribution in [-0.2, 0) is 16.1 Å². The minimum Gasteiger partial charge on any atom is -0.591 e. The number of piperidine rings is 1. The van der Waals surface area contributed by atoms with Crippen LogP contribution in [0.2, 0.25) is 0 Å². The summed E-state index contributed by atoms with van der Waals surface area (Å²) in [5.74, 6) is 0. The summed E-state index contributed by atoms with van der Waals surface area (Å²) >= 11 is -1.29. The molecule has 0 N–H and O–H groups in total. The van der Waals surface area contributed by atoms with Crippen LogP contribution < -0.4 is 0 Å². The molecule has 5 nitrogen and oxygen atoms in total. The molecule has 0 aliphatic carbocycles. The second-order valence-corrected chi connectivity index (χ2v) is 10.5. The van der Waals surface area contributed by atoms with Gasteiger partial charge in [0.1, 0.15) is 21.7 Å². The first-order valence-electron chi connectivity index (χ1n) is 9.00. The second kappa shape index (κ2) is 8.01. The molecule has 144 valence electrons. The highest BCUT2D eigenvalue weighted by Crippen LogP contribution is 2.32. The molecule has 1 fully saturated rings. The fraction of sp³-hybridized carbons (Fsp3) is 0.600. The number of benzene rings is 1. The minimum absolute atomic E-state index is 0.157. The van der Waals surface area contributed by atoms with E-state index in [1.807, 2.05) is 71.9 Å². The van der Waals surface area contributed by atoms with Crippen LogP contribution in [0.1, 0.15) is 66.0 Å². The number of rotatable bonds is 2. The van der Waals surface area contributed by atoms with Crippen molar-refractivity contribution in [3.8, 4) is 0 Å². The normalized spacial score (nSPS) is 21.6. The molecule has 1 amide bonds. The van der Waals surface area contributed by atoms with Crippen LogP contribution >= 0.6 is 0 Å². The first kappa shape index (κ1) is 20.8. The van der Waals surface area contributed by atoms with Gasteiger partial charge >= 0.3 is 6.09 Å². The van der Waals surface area contributed by atoms with Crippen molar-refractivity contribution in [1.82, 2.24) is 4.90 Å². The van der Waals surface area contributed by atoms with Gasteiger partial charge in [-0.3, -0.25) is 0 Å². The molecular formula is C20H30N2O3S. The molecule has 6 heteroatoms. The molecule has 1 aromatic carbocycles. The Labute approximate surface area is 160 Å². The number of likely N-dealkylation sites (tertiary alicyclic amines) is 1. The molecule has 2 unspecified atom stereocenters. The first-order chi connectivity index (χ1) is 12.0. The van der Waals surface area contributed by atoms with E-state index < -0.39 is 21.7 Å². The van der Waals surface area contributed by atoms with Crippen molar-refractivity contribution in [2.75, 3.05) is 6.54 Å². The van der Waals surface area contributed by atoms with E-state index in [0.29, 0.717) is 19.4 Å². The maximum Gasteiger partial charge on any atom is 0.410 e. The molecule has 0 aromatic heterocycles. The third-order valence-corrected chi connectivity index (χ3v) is 5.47. The monoisotopic (exact) mass is 378 g/mol. The van der Waals surface area contributed by atoms with Crippen molar-refractivity contribution < 1.29 is 14.1 Å². The molecule has 1 saturated heterocycles. The molecule has 0 spiro atoms. The molecule has 1 aromatic rings. The molecule has 0 bridgehead atoms. The van der Waals surface area contributed by atoms with Gasteiger partial charge in [-0.25, -0.2) is 4.79 Å². The number of hydrogen-bond acceptors (Lipinski definition) is 4. The Morgan fingerprint density at radius 2 is 1.81 bits per heavy atom. The third kappa shape index (κ3) is 5.74. The van der Waals surface area contributed by atoms with Crippen LogP contribution in [-0.4, -0.2) is 38.2 Å². The quantitative estimate of drug-likeness (QED) is 0.703. The fourth-order valence-corrected chi connectivity index (χ4v) is 3.36. The third-order valence-electron chi connectivity index (χ3n) is 3.99. The van der Waals surface area contributed by atoms with Gasteiger partial charge < -0.3 is 14.2 Å². The summed E-state index contributed by atoms with van der Waals surface area (Å²) in [6.45, 7) is 11.9. The van der Waals surface area contributed by atoms with Crippen molar-refractivity contribution in [1.29, 1.82) is 0 Å². The van der Waals surface area contributed by atoms with Gasteiger partial charge in [-0.2, -0.15) is 0 Å². The molecule has 1 aliphatic heterocycles. The zero-order chi connectivity index (χ0) is 19.5.